The summed E-state index contributed by atoms with van der Waals surface area (Å²) in [4.78, 5) is 4.40. The molecule has 0 bridgehead atoms. The summed E-state index contributed by atoms with van der Waals surface area (Å²) >= 11 is 0. The van der Waals surface area contributed by atoms with E-state index in [9.17, 15) is 0 Å². The summed E-state index contributed by atoms with van der Waals surface area (Å²) < 4.78 is 2.12. The van der Waals surface area contributed by atoms with Gasteiger partial charge in [-0.3, -0.25) is 4.98 Å². The van der Waals surface area contributed by atoms with Crippen LogP contribution in [0.2, 0.25) is 0 Å². The molecule has 0 aromatic carbocycles. The van der Waals surface area contributed by atoms with Crippen LogP contribution in [0.25, 0.3) is 10.9 Å². The Morgan fingerprint density at radius 3 is 2.83 bits per heavy atom. The molecule has 0 aliphatic heterocycles. The van der Waals surface area contributed by atoms with Gasteiger partial charge in [0.25, 0.3) is 0 Å². The van der Waals surface area contributed by atoms with E-state index in [2.05, 4.69) is 41.9 Å². The third-order valence-electron chi connectivity index (χ3n) is 2.20. The van der Waals surface area contributed by atoms with Gasteiger partial charge in [0, 0.05) is 30.0 Å². The molecule has 0 saturated heterocycles. The van der Waals surface area contributed by atoms with Gasteiger partial charge in [-0.2, -0.15) is 0 Å². The number of rotatable bonds is 0. The summed E-state index contributed by atoms with van der Waals surface area (Å²) in [6, 6.07) is 4.22. The number of nitrogens with zero attached hydrogens (tertiary/aromatic N) is 2. The van der Waals surface area contributed by atoms with Crippen LogP contribution in [0.4, 0.5) is 0 Å². The third-order valence-corrected chi connectivity index (χ3v) is 2.20. The number of hydrogen-bond acceptors (Lipinski definition) is 1. The highest BCUT2D eigenvalue weighted by Gasteiger charge is 2.01. The van der Waals surface area contributed by atoms with Gasteiger partial charge in [-0.1, -0.05) is 0 Å². The van der Waals surface area contributed by atoms with E-state index < -0.39 is 0 Å². The van der Waals surface area contributed by atoms with Crippen molar-refractivity contribution >= 4 is 10.9 Å². The third kappa shape index (κ3) is 0.916. The second-order valence-corrected chi connectivity index (χ2v) is 3.21. The van der Waals surface area contributed by atoms with Crippen LogP contribution in [0.15, 0.2) is 18.3 Å². The van der Waals surface area contributed by atoms with Crippen LogP contribution in [0.3, 0.4) is 0 Å². The van der Waals surface area contributed by atoms with Crippen molar-refractivity contribution in [3.8, 4) is 0 Å². The molecule has 0 unspecified atom stereocenters. The van der Waals surface area contributed by atoms with Crippen molar-refractivity contribution in [2.24, 2.45) is 7.05 Å². The Hall–Kier alpha value is -1.31. The van der Waals surface area contributed by atoms with Crippen LogP contribution in [0.5, 0.6) is 0 Å². The fourth-order valence-corrected chi connectivity index (χ4v) is 1.58. The first-order valence-corrected chi connectivity index (χ1v) is 4.08. The van der Waals surface area contributed by atoms with Gasteiger partial charge in [-0.25, -0.2) is 0 Å². The van der Waals surface area contributed by atoms with Crippen molar-refractivity contribution in [1.29, 1.82) is 0 Å². The van der Waals surface area contributed by atoms with Gasteiger partial charge < -0.3 is 4.57 Å². The molecule has 2 aromatic heterocycles. The van der Waals surface area contributed by atoms with Gasteiger partial charge in [0.15, 0.2) is 0 Å². The van der Waals surface area contributed by atoms with Crippen molar-refractivity contribution in [2.75, 3.05) is 0 Å². The second-order valence-electron chi connectivity index (χ2n) is 3.21. The van der Waals surface area contributed by atoms with Crippen molar-refractivity contribution in [1.82, 2.24) is 9.55 Å². The first-order chi connectivity index (χ1) is 5.68. The van der Waals surface area contributed by atoms with Gasteiger partial charge in [0.05, 0.1) is 5.52 Å². The quantitative estimate of drug-likeness (QED) is 0.577. The van der Waals surface area contributed by atoms with E-state index in [0.29, 0.717) is 0 Å². The Morgan fingerprint density at radius 1 is 1.33 bits per heavy atom. The number of aromatic nitrogens is 2. The lowest BCUT2D eigenvalue weighted by Gasteiger charge is -2.00. The maximum Gasteiger partial charge on any atom is 0.0514 e. The molecule has 0 amide bonds. The Labute approximate surface area is 71.8 Å². The molecule has 0 fully saturated rings. The first-order valence-electron chi connectivity index (χ1n) is 4.08. The molecular weight excluding hydrogens is 148 g/mol. The highest BCUT2D eigenvalue weighted by Crippen LogP contribution is 2.17. The lowest BCUT2D eigenvalue weighted by atomic mass is 10.2. The number of hydrogen-bond donors (Lipinski definition) is 0. The maximum absolute atomic E-state index is 4.40. The molecule has 0 N–H and O–H groups in total. The lowest BCUT2D eigenvalue weighted by Crippen LogP contribution is -1.89. The van der Waals surface area contributed by atoms with E-state index in [1.165, 1.54) is 10.9 Å². The molecule has 0 radical (unpaired) electrons. The Kier molecular flexibility index (Phi) is 1.43. The van der Waals surface area contributed by atoms with Gasteiger partial charge in [-0.05, 0) is 26.0 Å². The number of pyridine rings is 1. The van der Waals surface area contributed by atoms with Crippen molar-refractivity contribution in [3.63, 3.8) is 0 Å². The normalized spacial score (nSPS) is 10.9. The topological polar surface area (TPSA) is 17.8 Å². The average Bonchev–Trinajstić information content (AvgIpc) is 2.33. The minimum absolute atomic E-state index is 1.09. The summed E-state index contributed by atoms with van der Waals surface area (Å²) in [6.45, 7) is 4.08. The van der Waals surface area contributed by atoms with E-state index in [4.69, 9.17) is 0 Å². The second kappa shape index (κ2) is 2.34. The van der Waals surface area contributed by atoms with E-state index in [1.54, 1.807) is 0 Å². The SMILES string of the molecule is Cc1cc2c(ccn2C)c(C)n1. The summed E-state index contributed by atoms with van der Waals surface area (Å²) in [6.07, 6.45) is 2.07. The molecule has 0 aliphatic rings. The first kappa shape index (κ1) is 7.35. The predicted octanol–water partition coefficient (Wildman–Crippen LogP) is 2.19. The van der Waals surface area contributed by atoms with Crippen LogP contribution in [0, 0.1) is 13.8 Å². The molecule has 0 spiro atoms. The smallest absolute Gasteiger partial charge is 0.0514 e. The highest BCUT2D eigenvalue weighted by atomic mass is 14.9. The molecule has 2 heteroatoms. The van der Waals surface area contributed by atoms with Crippen LogP contribution >= 0.6 is 0 Å². The zero-order chi connectivity index (χ0) is 8.72. The molecular formula is C10H12N2. The van der Waals surface area contributed by atoms with Crippen molar-refractivity contribution in [3.05, 3.63) is 29.7 Å². The largest absolute Gasteiger partial charge is 0.350 e. The van der Waals surface area contributed by atoms with E-state index in [0.717, 1.165) is 11.4 Å². The van der Waals surface area contributed by atoms with E-state index in [1.807, 2.05) is 6.92 Å². The van der Waals surface area contributed by atoms with Gasteiger partial charge in [-0.15, -0.1) is 0 Å². The molecule has 2 rings (SSSR count). The average molecular weight is 160 g/mol. The van der Waals surface area contributed by atoms with Gasteiger partial charge >= 0.3 is 0 Å². The predicted molar refractivity (Wildman–Crippen MR) is 50.2 cm³/mol. The molecule has 62 valence electrons. The summed E-state index contributed by atoms with van der Waals surface area (Å²) in [5.74, 6) is 0. The number of aryl methyl sites for hydroxylation is 3. The Bertz CT molecular complexity index is 427. The fourth-order valence-electron chi connectivity index (χ4n) is 1.58. The molecule has 0 aliphatic carbocycles. The zero-order valence-corrected chi connectivity index (χ0v) is 7.63. The minimum Gasteiger partial charge on any atom is -0.350 e. The summed E-state index contributed by atoms with van der Waals surface area (Å²) in [5, 5.41) is 1.25. The van der Waals surface area contributed by atoms with Crippen LogP contribution in [0.1, 0.15) is 11.4 Å². The van der Waals surface area contributed by atoms with E-state index >= 15 is 0 Å². The van der Waals surface area contributed by atoms with Crippen LogP contribution in [-0.4, -0.2) is 9.55 Å². The van der Waals surface area contributed by atoms with Crippen LogP contribution < -0.4 is 0 Å². The maximum atomic E-state index is 4.40. The van der Waals surface area contributed by atoms with Gasteiger partial charge in [0.2, 0.25) is 0 Å². The monoisotopic (exact) mass is 160 g/mol. The summed E-state index contributed by atoms with van der Waals surface area (Å²) in [5.41, 5.74) is 3.47. The zero-order valence-electron chi connectivity index (χ0n) is 7.63. The Balaban J connectivity index is 2.92. The highest BCUT2D eigenvalue weighted by molar-refractivity contribution is 5.82. The molecule has 12 heavy (non-hydrogen) atoms. The van der Waals surface area contributed by atoms with Crippen molar-refractivity contribution < 1.29 is 0 Å². The van der Waals surface area contributed by atoms with Crippen molar-refractivity contribution in [2.45, 2.75) is 13.8 Å². The van der Waals surface area contributed by atoms with E-state index in [-0.39, 0.29) is 0 Å². The minimum atomic E-state index is 1.09. The standard InChI is InChI=1S/C10H12N2/c1-7-6-10-9(8(2)11-7)4-5-12(10)3/h4-6H,1-3H3. The Morgan fingerprint density at radius 2 is 2.08 bits per heavy atom. The molecule has 0 atom stereocenters. The van der Waals surface area contributed by atoms with Crippen LogP contribution in [-0.2, 0) is 7.05 Å². The molecule has 2 aromatic rings. The molecule has 2 nitrogen and oxygen atoms in total. The van der Waals surface area contributed by atoms with Gasteiger partial charge in [0.1, 0.15) is 0 Å². The molecule has 2 heterocycles. The molecule has 0 saturated carbocycles. The summed E-state index contributed by atoms with van der Waals surface area (Å²) in [7, 11) is 2.06. The fraction of sp³-hybridized carbons (Fsp3) is 0.300. The number of fused-ring (bicyclic) bond motifs is 1. The lowest BCUT2D eigenvalue weighted by molar-refractivity contribution is 0.965.